The summed E-state index contributed by atoms with van der Waals surface area (Å²) in [6.45, 7) is 6.66. The number of aryl methyl sites for hydroxylation is 1. The number of hydrogen-bond acceptors (Lipinski definition) is 5. The normalized spacial score (nSPS) is 16.5. The smallest absolute Gasteiger partial charge is 0.191 e. The fraction of sp³-hybridized carbons (Fsp3) is 0.632. The minimum Gasteiger partial charge on any atom is -0.383 e. The van der Waals surface area contributed by atoms with Gasteiger partial charge in [-0.2, -0.15) is 11.3 Å². The van der Waals surface area contributed by atoms with Crippen LogP contribution in [0.5, 0.6) is 0 Å². The predicted molar refractivity (Wildman–Crippen MR) is 125 cm³/mol. The highest BCUT2D eigenvalue weighted by atomic mass is 127. The largest absolute Gasteiger partial charge is 0.383 e. The molecule has 0 bridgehead atoms. The Morgan fingerprint density at radius 1 is 1.32 bits per heavy atom. The van der Waals surface area contributed by atoms with Crippen LogP contribution in [0.25, 0.3) is 0 Å². The van der Waals surface area contributed by atoms with Gasteiger partial charge < -0.3 is 20.3 Å². The summed E-state index contributed by atoms with van der Waals surface area (Å²) >= 11 is 1.58. The summed E-state index contributed by atoms with van der Waals surface area (Å²) in [6, 6.07) is 1.94. The van der Waals surface area contributed by atoms with E-state index in [0.29, 0.717) is 12.5 Å². The van der Waals surface area contributed by atoms with E-state index in [1.54, 1.807) is 18.3 Å². The van der Waals surface area contributed by atoms with Gasteiger partial charge >= 0.3 is 0 Å². The van der Waals surface area contributed by atoms with Crippen LogP contribution in [0.4, 0.5) is 0 Å². The van der Waals surface area contributed by atoms with Crippen molar-refractivity contribution in [1.29, 1.82) is 0 Å². The lowest BCUT2D eigenvalue weighted by Gasteiger charge is -2.21. The highest BCUT2D eigenvalue weighted by Gasteiger charge is 2.23. The zero-order valence-electron chi connectivity index (χ0n) is 16.6. The van der Waals surface area contributed by atoms with Gasteiger partial charge in [0.05, 0.1) is 6.54 Å². The van der Waals surface area contributed by atoms with Gasteiger partial charge in [0.2, 0.25) is 0 Å². The zero-order chi connectivity index (χ0) is 19.1. The van der Waals surface area contributed by atoms with Gasteiger partial charge in [-0.25, -0.2) is 4.99 Å². The Balaban J connectivity index is 0.00000280. The van der Waals surface area contributed by atoms with Crippen molar-refractivity contribution in [3.8, 4) is 0 Å². The maximum Gasteiger partial charge on any atom is 0.191 e. The first kappa shape index (κ1) is 23.1. The summed E-state index contributed by atoms with van der Waals surface area (Å²) in [5, 5.41) is 29.9. The number of guanidine groups is 1. The van der Waals surface area contributed by atoms with E-state index in [-0.39, 0.29) is 24.0 Å². The third kappa shape index (κ3) is 6.15. The van der Waals surface area contributed by atoms with Gasteiger partial charge in [0.15, 0.2) is 5.96 Å². The molecule has 1 unspecified atom stereocenters. The standard InChI is InChI=1S/C19H30N6OS.HI/c1-3-20-18(22-14-19(2,26)15-9-12-27-13-15)21-10-8-17-24-23-16-7-5-4-6-11-25(16)17;/h9,12-13,26H,3-8,10-11,14H2,1-2H3,(H2,20,21,22);1H. The van der Waals surface area contributed by atoms with Crippen LogP contribution in [0.1, 0.15) is 50.3 Å². The third-order valence-electron chi connectivity index (χ3n) is 4.86. The van der Waals surface area contributed by atoms with Crippen molar-refractivity contribution in [3.05, 3.63) is 34.0 Å². The molecular weight excluding hydrogens is 487 g/mol. The number of aromatic nitrogens is 3. The predicted octanol–water partition coefficient (Wildman–Crippen LogP) is 2.69. The van der Waals surface area contributed by atoms with Crippen molar-refractivity contribution >= 4 is 41.3 Å². The molecule has 0 amide bonds. The SMILES string of the molecule is CCNC(=NCC(C)(O)c1ccsc1)NCCc1nnc2n1CCCCC2.I. The molecule has 0 radical (unpaired) electrons. The Bertz CT molecular complexity index is 744. The molecule has 2 aromatic rings. The van der Waals surface area contributed by atoms with Crippen molar-refractivity contribution in [2.45, 2.75) is 58.1 Å². The van der Waals surface area contributed by atoms with Crippen molar-refractivity contribution < 1.29 is 5.11 Å². The van der Waals surface area contributed by atoms with Gasteiger partial charge in [0.1, 0.15) is 17.2 Å². The number of halogens is 1. The Hall–Kier alpha value is -1.20. The van der Waals surface area contributed by atoms with Crippen molar-refractivity contribution in [2.75, 3.05) is 19.6 Å². The van der Waals surface area contributed by atoms with E-state index in [0.717, 1.165) is 49.7 Å². The van der Waals surface area contributed by atoms with Gasteiger partial charge in [-0.15, -0.1) is 34.2 Å². The average molecular weight is 518 g/mol. The molecule has 3 N–H and O–H groups in total. The van der Waals surface area contributed by atoms with Crippen LogP contribution in [0.2, 0.25) is 0 Å². The Morgan fingerprint density at radius 2 is 2.18 bits per heavy atom. The summed E-state index contributed by atoms with van der Waals surface area (Å²) in [6.07, 6.45) is 5.51. The summed E-state index contributed by atoms with van der Waals surface area (Å²) in [4.78, 5) is 4.57. The molecule has 3 heterocycles. The molecule has 2 aromatic heterocycles. The van der Waals surface area contributed by atoms with Gasteiger partial charge in [-0.1, -0.05) is 6.42 Å². The van der Waals surface area contributed by atoms with Crippen LogP contribution in [-0.2, 0) is 25.0 Å². The number of hydrogen-bond donors (Lipinski definition) is 3. The van der Waals surface area contributed by atoms with Crippen LogP contribution < -0.4 is 10.6 Å². The number of fused-ring (bicyclic) bond motifs is 1. The van der Waals surface area contributed by atoms with E-state index in [4.69, 9.17) is 0 Å². The zero-order valence-corrected chi connectivity index (χ0v) is 19.8. The molecular formula is C19H31IN6OS. The molecule has 1 atom stereocenters. The molecule has 1 aliphatic heterocycles. The van der Waals surface area contributed by atoms with Crippen LogP contribution in [0.3, 0.4) is 0 Å². The molecule has 0 saturated heterocycles. The number of aliphatic imine (C=N–C) groups is 1. The van der Waals surface area contributed by atoms with Crippen molar-refractivity contribution in [2.24, 2.45) is 4.99 Å². The number of nitrogens with one attached hydrogen (secondary N) is 2. The van der Waals surface area contributed by atoms with E-state index >= 15 is 0 Å². The highest BCUT2D eigenvalue weighted by molar-refractivity contribution is 14.0. The average Bonchev–Trinajstić information content (AvgIpc) is 3.26. The second-order valence-electron chi connectivity index (χ2n) is 7.15. The topological polar surface area (TPSA) is 87.4 Å². The molecule has 0 saturated carbocycles. The second-order valence-corrected chi connectivity index (χ2v) is 7.93. The molecule has 0 spiro atoms. The fourth-order valence-corrected chi connectivity index (χ4v) is 4.04. The number of nitrogens with zero attached hydrogens (tertiary/aromatic N) is 4. The first-order valence-electron chi connectivity index (χ1n) is 9.78. The number of thiophene rings is 1. The molecule has 7 nitrogen and oxygen atoms in total. The quantitative estimate of drug-likeness (QED) is 0.298. The van der Waals surface area contributed by atoms with E-state index in [2.05, 4.69) is 30.4 Å². The molecule has 0 aromatic carbocycles. The van der Waals surface area contributed by atoms with Gasteiger partial charge in [-0.05, 0) is 49.1 Å². The first-order chi connectivity index (χ1) is 13.1. The highest BCUT2D eigenvalue weighted by Crippen LogP contribution is 2.23. The Kier molecular flexibility index (Phi) is 9.16. The molecule has 156 valence electrons. The Labute approximate surface area is 188 Å². The van der Waals surface area contributed by atoms with Gasteiger partial charge in [0, 0.05) is 32.5 Å². The minimum atomic E-state index is -0.966. The molecule has 3 rings (SSSR count). The number of rotatable bonds is 7. The van der Waals surface area contributed by atoms with Crippen LogP contribution in [0.15, 0.2) is 21.8 Å². The minimum absolute atomic E-state index is 0. The Morgan fingerprint density at radius 3 is 2.93 bits per heavy atom. The van der Waals surface area contributed by atoms with Gasteiger partial charge in [-0.3, -0.25) is 0 Å². The molecule has 28 heavy (non-hydrogen) atoms. The van der Waals surface area contributed by atoms with E-state index in [9.17, 15) is 5.11 Å². The van der Waals surface area contributed by atoms with E-state index < -0.39 is 5.60 Å². The maximum absolute atomic E-state index is 10.6. The van der Waals surface area contributed by atoms with Gasteiger partial charge in [0.25, 0.3) is 0 Å². The lowest BCUT2D eigenvalue weighted by atomic mass is 10.00. The lowest BCUT2D eigenvalue weighted by Crippen LogP contribution is -2.40. The molecule has 0 fully saturated rings. The molecule has 1 aliphatic rings. The van der Waals surface area contributed by atoms with Crippen LogP contribution in [0, 0.1) is 0 Å². The summed E-state index contributed by atoms with van der Waals surface area (Å²) < 4.78 is 2.28. The maximum atomic E-state index is 10.6. The van der Waals surface area contributed by atoms with E-state index in [1.165, 1.54) is 19.3 Å². The van der Waals surface area contributed by atoms with Crippen LogP contribution >= 0.6 is 35.3 Å². The molecule has 9 heteroatoms. The van der Waals surface area contributed by atoms with Crippen molar-refractivity contribution in [3.63, 3.8) is 0 Å². The van der Waals surface area contributed by atoms with E-state index in [1.807, 2.05) is 23.8 Å². The lowest BCUT2D eigenvalue weighted by molar-refractivity contribution is 0.0677. The third-order valence-corrected chi connectivity index (χ3v) is 5.54. The molecule has 0 aliphatic carbocycles. The summed E-state index contributed by atoms with van der Waals surface area (Å²) in [5.41, 5.74) is -0.0644. The fourth-order valence-electron chi connectivity index (χ4n) is 3.26. The monoisotopic (exact) mass is 518 g/mol. The van der Waals surface area contributed by atoms with Crippen molar-refractivity contribution in [1.82, 2.24) is 25.4 Å². The number of aliphatic hydroxyl groups is 1. The first-order valence-corrected chi connectivity index (χ1v) is 10.7. The van der Waals surface area contributed by atoms with Crippen LogP contribution in [-0.4, -0.2) is 45.5 Å². The second kappa shape index (κ2) is 11.1. The summed E-state index contributed by atoms with van der Waals surface area (Å²) in [7, 11) is 0. The summed E-state index contributed by atoms with van der Waals surface area (Å²) in [5.74, 6) is 2.87.